The minimum atomic E-state index is -0.378. The highest BCUT2D eigenvalue weighted by molar-refractivity contribution is 5.80. The number of carbonyl (C=O) groups excluding carboxylic acids is 6. The van der Waals surface area contributed by atoms with E-state index in [1.165, 1.54) is 0 Å². The Morgan fingerprint density at radius 3 is 1.44 bits per heavy atom. The first-order valence-corrected chi connectivity index (χ1v) is 19.5. The predicted molar refractivity (Wildman–Crippen MR) is 204 cm³/mol. The van der Waals surface area contributed by atoms with E-state index in [9.17, 15) is 28.8 Å². The molecule has 54 heavy (non-hydrogen) atoms. The lowest BCUT2D eigenvalue weighted by molar-refractivity contribution is -0.127. The van der Waals surface area contributed by atoms with E-state index in [2.05, 4.69) is 31.9 Å². The van der Waals surface area contributed by atoms with Gasteiger partial charge in [-0.1, -0.05) is 12.8 Å². The Labute approximate surface area is 322 Å². The number of methoxy groups -OCH3 is 3. The fraction of sp³-hybridized carbons (Fsp3) is 0.838. The van der Waals surface area contributed by atoms with Crippen LogP contribution in [0, 0.1) is 0 Å². The average molecular weight is 775 g/mol. The monoisotopic (exact) mass is 775 g/mol. The van der Waals surface area contributed by atoms with Crippen LogP contribution < -0.4 is 31.9 Å². The Hall–Kier alpha value is -3.38. The van der Waals surface area contributed by atoms with Crippen LogP contribution in [0.4, 0.5) is 0 Å². The van der Waals surface area contributed by atoms with Gasteiger partial charge in [-0.2, -0.15) is 0 Å². The number of unbranched alkanes of at least 4 members (excludes halogenated alkanes) is 5. The molecule has 0 aromatic heterocycles. The van der Waals surface area contributed by atoms with Gasteiger partial charge in [0, 0.05) is 106 Å². The summed E-state index contributed by atoms with van der Waals surface area (Å²) in [5.74, 6) is -1.09. The van der Waals surface area contributed by atoms with Gasteiger partial charge in [-0.3, -0.25) is 28.8 Å². The minimum Gasteiger partial charge on any atom is -0.385 e. The van der Waals surface area contributed by atoms with Crippen molar-refractivity contribution in [3.05, 3.63) is 0 Å². The standard InChI is InChI=1S/C37H70N6O11/c1-50-23-10-5-4-8-18-38-35(47)28-31(14-6-9-19-39-36(48)29-53-26-21-41-32(44)15-7-11-24-51-2)43-34(46)16-12-20-40-37(49)30-54-27-22-42-33(45)17-13-25-52-3/h31H,4-30H2,1-3H3,(H,38,47)(H,39,48)(H,40,49)(H,41,44)(H,42,45)(H,43,46). The number of nitrogens with one attached hydrogen (secondary N) is 6. The lowest BCUT2D eigenvalue weighted by Crippen LogP contribution is -2.40. The van der Waals surface area contributed by atoms with Gasteiger partial charge in [0.1, 0.15) is 13.2 Å². The maximum absolute atomic E-state index is 12.7. The highest BCUT2D eigenvalue weighted by atomic mass is 16.5. The number of ether oxygens (including phenoxy) is 5. The molecule has 0 saturated heterocycles. The molecule has 314 valence electrons. The number of rotatable bonds is 38. The van der Waals surface area contributed by atoms with E-state index in [4.69, 9.17) is 23.7 Å². The highest BCUT2D eigenvalue weighted by Gasteiger charge is 2.17. The molecule has 0 aliphatic rings. The number of carbonyl (C=O) groups is 6. The second-order valence-electron chi connectivity index (χ2n) is 12.9. The van der Waals surface area contributed by atoms with Crippen molar-refractivity contribution >= 4 is 35.4 Å². The molecule has 0 radical (unpaired) electrons. The van der Waals surface area contributed by atoms with Crippen LogP contribution in [0.15, 0.2) is 0 Å². The molecule has 1 atom stereocenters. The van der Waals surface area contributed by atoms with Crippen LogP contribution >= 0.6 is 0 Å². The first-order valence-electron chi connectivity index (χ1n) is 19.5. The third kappa shape index (κ3) is 35.6. The maximum Gasteiger partial charge on any atom is 0.245 e. The fourth-order valence-electron chi connectivity index (χ4n) is 5.04. The van der Waals surface area contributed by atoms with Gasteiger partial charge in [-0.05, 0) is 57.8 Å². The molecular weight excluding hydrogens is 704 g/mol. The molecule has 0 rings (SSSR count). The summed E-state index contributed by atoms with van der Waals surface area (Å²) >= 11 is 0. The van der Waals surface area contributed by atoms with Crippen molar-refractivity contribution in [2.24, 2.45) is 0 Å². The van der Waals surface area contributed by atoms with E-state index in [-0.39, 0.29) is 87.3 Å². The van der Waals surface area contributed by atoms with E-state index >= 15 is 0 Å². The van der Waals surface area contributed by atoms with E-state index in [1.807, 2.05) is 0 Å². The molecule has 6 amide bonds. The summed E-state index contributed by atoms with van der Waals surface area (Å²) in [6.07, 6.45) is 9.45. The lowest BCUT2D eigenvalue weighted by atomic mass is 10.0. The molecule has 0 aromatic rings. The third-order valence-corrected chi connectivity index (χ3v) is 7.96. The quantitative estimate of drug-likeness (QED) is 0.0484. The summed E-state index contributed by atoms with van der Waals surface area (Å²) in [6, 6.07) is -0.378. The van der Waals surface area contributed by atoms with Gasteiger partial charge in [0.2, 0.25) is 35.4 Å². The molecule has 0 aromatic carbocycles. The van der Waals surface area contributed by atoms with Crippen LogP contribution in [0.2, 0.25) is 0 Å². The molecule has 0 spiro atoms. The molecule has 0 saturated carbocycles. The van der Waals surface area contributed by atoms with E-state index in [0.29, 0.717) is 84.3 Å². The molecule has 17 heteroatoms. The van der Waals surface area contributed by atoms with E-state index in [0.717, 1.165) is 45.1 Å². The Morgan fingerprint density at radius 2 is 0.852 bits per heavy atom. The summed E-state index contributed by atoms with van der Waals surface area (Å²) in [4.78, 5) is 73.1. The van der Waals surface area contributed by atoms with Crippen molar-refractivity contribution in [1.29, 1.82) is 0 Å². The normalized spacial score (nSPS) is 11.4. The summed E-state index contributed by atoms with van der Waals surface area (Å²) in [6.45, 7) is 3.94. The van der Waals surface area contributed by atoms with Gasteiger partial charge in [0.15, 0.2) is 0 Å². The van der Waals surface area contributed by atoms with Gasteiger partial charge < -0.3 is 55.6 Å². The molecule has 1 unspecified atom stereocenters. The zero-order valence-electron chi connectivity index (χ0n) is 33.2. The Kier molecular flexibility index (Phi) is 35.5. The van der Waals surface area contributed by atoms with E-state index in [1.54, 1.807) is 21.3 Å². The molecule has 17 nitrogen and oxygen atoms in total. The minimum absolute atomic E-state index is 0.0589. The summed E-state index contributed by atoms with van der Waals surface area (Å²) in [5, 5.41) is 16.9. The molecule has 0 fully saturated rings. The lowest BCUT2D eigenvalue weighted by Gasteiger charge is -2.19. The smallest absolute Gasteiger partial charge is 0.245 e. The predicted octanol–water partition coefficient (Wildman–Crippen LogP) is 0.876. The van der Waals surface area contributed by atoms with Gasteiger partial charge in [0.05, 0.1) is 13.2 Å². The van der Waals surface area contributed by atoms with E-state index < -0.39 is 0 Å². The third-order valence-electron chi connectivity index (χ3n) is 7.96. The van der Waals surface area contributed by atoms with Gasteiger partial charge in [-0.25, -0.2) is 0 Å². The molecule has 0 aliphatic carbocycles. The Balaban J connectivity index is 4.40. The number of hydrogen-bond acceptors (Lipinski definition) is 11. The van der Waals surface area contributed by atoms with Crippen LogP contribution in [-0.4, -0.2) is 142 Å². The van der Waals surface area contributed by atoms with Crippen LogP contribution in [0.25, 0.3) is 0 Å². The highest BCUT2D eigenvalue weighted by Crippen LogP contribution is 2.07. The average Bonchev–Trinajstić information content (AvgIpc) is 3.14. The molecule has 0 bridgehead atoms. The summed E-state index contributed by atoms with van der Waals surface area (Å²) in [7, 11) is 4.88. The van der Waals surface area contributed by atoms with Crippen LogP contribution in [0.1, 0.15) is 96.3 Å². The van der Waals surface area contributed by atoms with Gasteiger partial charge in [0.25, 0.3) is 0 Å². The zero-order valence-corrected chi connectivity index (χ0v) is 33.2. The van der Waals surface area contributed by atoms with Crippen molar-refractivity contribution in [1.82, 2.24) is 31.9 Å². The molecule has 6 N–H and O–H groups in total. The first kappa shape index (κ1) is 50.6. The summed E-state index contributed by atoms with van der Waals surface area (Å²) < 4.78 is 25.6. The number of amides is 6. The van der Waals surface area contributed by atoms with Crippen molar-refractivity contribution in [2.75, 3.05) is 100 Å². The van der Waals surface area contributed by atoms with Crippen molar-refractivity contribution < 1.29 is 52.5 Å². The Bertz CT molecular complexity index is 1010. The molecule has 0 aliphatic heterocycles. The fourth-order valence-corrected chi connectivity index (χ4v) is 5.04. The molecule has 0 heterocycles. The second-order valence-corrected chi connectivity index (χ2v) is 12.9. The largest absolute Gasteiger partial charge is 0.385 e. The van der Waals surface area contributed by atoms with Gasteiger partial charge in [-0.15, -0.1) is 0 Å². The van der Waals surface area contributed by atoms with Crippen molar-refractivity contribution in [3.63, 3.8) is 0 Å². The number of hydrogen-bond donors (Lipinski definition) is 6. The van der Waals surface area contributed by atoms with Crippen LogP contribution in [0.3, 0.4) is 0 Å². The van der Waals surface area contributed by atoms with Gasteiger partial charge >= 0.3 is 0 Å². The topological polar surface area (TPSA) is 221 Å². The first-order chi connectivity index (χ1) is 26.2. The molecular formula is C37H70N6O11. The zero-order chi connectivity index (χ0) is 39.9. The van der Waals surface area contributed by atoms with Crippen LogP contribution in [0.5, 0.6) is 0 Å². The second kappa shape index (κ2) is 37.9. The van der Waals surface area contributed by atoms with Crippen molar-refractivity contribution in [3.8, 4) is 0 Å². The van der Waals surface area contributed by atoms with Crippen LogP contribution in [-0.2, 0) is 52.5 Å². The summed E-state index contributed by atoms with van der Waals surface area (Å²) in [5.41, 5.74) is 0. The Morgan fingerprint density at radius 1 is 0.407 bits per heavy atom. The maximum atomic E-state index is 12.7. The SMILES string of the molecule is COCCCCCCNC(=O)CC(CCCCNC(=O)COCCNC(=O)CCCCOC)NC(=O)CCCNC(=O)COCCNC(=O)CCCOC. The van der Waals surface area contributed by atoms with Crippen molar-refractivity contribution in [2.45, 2.75) is 102 Å².